The molecule has 1 amide bonds. The summed E-state index contributed by atoms with van der Waals surface area (Å²) in [6.45, 7) is 4.70. The Morgan fingerprint density at radius 1 is 1.33 bits per heavy atom. The molecule has 12 heteroatoms. The van der Waals surface area contributed by atoms with Crippen LogP contribution in [0.15, 0.2) is 35.5 Å². The van der Waals surface area contributed by atoms with Gasteiger partial charge in [-0.2, -0.15) is 0 Å². The number of ether oxygens (including phenoxy) is 1. The van der Waals surface area contributed by atoms with Gasteiger partial charge in [0.2, 0.25) is 6.86 Å². The average molecular weight is 481 g/mol. The molecule has 1 fully saturated rings. The first-order valence-electron chi connectivity index (χ1n) is 10.4. The predicted octanol–water partition coefficient (Wildman–Crippen LogP) is 1.83. The van der Waals surface area contributed by atoms with Gasteiger partial charge in [0.25, 0.3) is 5.91 Å². The van der Waals surface area contributed by atoms with E-state index in [1.165, 1.54) is 30.5 Å². The number of thiol groups is 1. The number of amides is 1. The number of rotatable bonds is 5. The van der Waals surface area contributed by atoms with Gasteiger partial charge in [0, 0.05) is 6.54 Å². The van der Waals surface area contributed by atoms with Crippen molar-refractivity contribution in [1.82, 2.24) is 14.7 Å². The average Bonchev–Trinajstić information content (AvgIpc) is 3.19. The zero-order valence-electron chi connectivity index (χ0n) is 18.4. The largest absolute Gasteiger partial charge is 0.461 e. The third-order valence-corrected chi connectivity index (χ3v) is 10.6. The maximum atomic E-state index is 15.0. The number of nitrogens with zero attached hydrogens (tertiary/aromatic N) is 3. The summed E-state index contributed by atoms with van der Waals surface area (Å²) in [7, 11) is -3.09. The molecule has 2 aromatic rings. The maximum Gasteiger partial charge on any atom is 0.275 e. The molecule has 4 rings (SSSR count). The number of anilines is 1. The van der Waals surface area contributed by atoms with E-state index in [1.54, 1.807) is 20.8 Å². The van der Waals surface area contributed by atoms with Crippen molar-refractivity contribution in [3.63, 3.8) is 0 Å². The molecule has 33 heavy (non-hydrogen) atoms. The van der Waals surface area contributed by atoms with Crippen LogP contribution < -0.4 is 20.5 Å². The quantitative estimate of drug-likeness (QED) is 0.483. The van der Waals surface area contributed by atoms with Crippen molar-refractivity contribution < 1.29 is 22.5 Å². The van der Waals surface area contributed by atoms with Crippen LogP contribution in [0.2, 0.25) is 0 Å². The standard InChI is InChI=1S/C21H26F2N6O3S/c1-20(2)19(24)29-21(3,15-8-9-26-33(15,20)31)17-13(23)5-7-16(27-17)28-18(30)14-6-4-12(10-25-14)32-11-22/h4-7,10,15,33H,8-9,11H2,1-3H3,(H2,24,29)(H,26,31)(H,27,28,30)/t15-,21-/m0/s1. The molecule has 2 aromatic heterocycles. The molecule has 0 radical (unpaired) electrons. The van der Waals surface area contributed by atoms with Crippen molar-refractivity contribution in [1.29, 1.82) is 0 Å². The maximum absolute atomic E-state index is 15.0. The number of hydrogen-bond acceptors (Lipinski definition) is 7. The van der Waals surface area contributed by atoms with Crippen LogP contribution in [0.5, 0.6) is 5.75 Å². The first kappa shape index (κ1) is 23.2. The second-order valence-electron chi connectivity index (χ2n) is 8.69. The number of fused-ring (bicyclic) bond motifs is 1. The minimum absolute atomic E-state index is 0.0336. The SMILES string of the molecule is CC1(C)C(N)=N[C@](C)(c2nc(NC(=O)c3ccc(OCF)cn3)ccc2F)[C@@H]2CCN[SH]21=O. The zero-order chi connectivity index (χ0) is 24.0. The molecule has 0 unspecified atom stereocenters. The lowest BCUT2D eigenvalue weighted by Crippen LogP contribution is -2.64. The van der Waals surface area contributed by atoms with E-state index < -0.39 is 44.2 Å². The van der Waals surface area contributed by atoms with Gasteiger partial charge in [0.15, 0.2) is 0 Å². The van der Waals surface area contributed by atoms with Crippen LogP contribution in [-0.4, -0.2) is 49.3 Å². The lowest BCUT2D eigenvalue weighted by atomic mass is 9.90. The third-order valence-electron chi connectivity index (χ3n) is 6.42. The lowest BCUT2D eigenvalue weighted by molar-refractivity contribution is 0.102. The van der Waals surface area contributed by atoms with Gasteiger partial charge in [-0.05, 0) is 61.6 Å². The zero-order valence-corrected chi connectivity index (χ0v) is 19.3. The number of nitrogens with one attached hydrogen (secondary N) is 2. The fraction of sp³-hybridized carbons (Fsp3) is 0.429. The molecule has 2 atom stereocenters. The van der Waals surface area contributed by atoms with Gasteiger partial charge >= 0.3 is 0 Å². The van der Waals surface area contributed by atoms with Crippen LogP contribution in [-0.2, 0) is 15.7 Å². The van der Waals surface area contributed by atoms with E-state index in [-0.39, 0.29) is 28.8 Å². The summed E-state index contributed by atoms with van der Waals surface area (Å²) in [4.78, 5) is 25.4. The van der Waals surface area contributed by atoms with Gasteiger partial charge in [0.1, 0.15) is 40.1 Å². The highest BCUT2D eigenvalue weighted by atomic mass is 32.3. The molecule has 9 nitrogen and oxygen atoms in total. The Kier molecular flexibility index (Phi) is 5.69. The lowest BCUT2D eigenvalue weighted by Gasteiger charge is -2.50. The molecule has 0 aromatic carbocycles. The van der Waals surface area contributed by atoms with E-state index in [9.17, 15) is 13.4 Å². The molecule has 178 valence electrons. The Balaban J connectivity index is 1.68. The second kappa shape index (κ2) is 8.10. The number of pyridine rings is 2. The van der Waals surface area contributed by atoms with Gasteiger partial charge in [-0.25, -0.2) is 18.7 Å². The number of carbonyl (C=O) groups excluding carboxylic acids is 1. The Labute approximate surface area is 190 Å². The van der Waals surface area contributed by atoms with E-state index >= 15 is 4.39 Å². The smallest absolute Gasteiger partial charge is 0.275 e. The predicted molar refractivity (Wildman–Crippen MR) is 122 cm³/mol. The van der Waals surface area contributed by atoms with Crippen molar-refractivity contribution in [2.24, 2.45) is 10.7 Å². The third kappa shape index (κ3) is 3.66. The minimum Gasteiger partial charge on any atom is -0.461 e. The van der Waals surface area contributed by atoms with Gasteiger partial charge in [-0.3, -0.25) is 18.7 Å². The molecule has 4 heterocycles. The second-order valence-corrected chi connectivity index (χ2v) is 12.1. The number of nitrogens with two attached hydrogens (primary N) is 1. The van der Waals surface area contributed by atoms with E-state index in [1.807, 2.05) is 0 Å². The van der Waals surface area contributed by atoms with Gasteiger partial charge in [0.05, 0.1) is 16.2 Å². The van der Waals surface area contributed by atoms with Crippen molar-refractivity contribution in [3.05, 3.63) is 47.7 Å². The molecule has 0 spiro atoms. The van der Waals surface area contributed by atoms with E-state index in [0.717, 1.165) is 0 Å². The summed E-state index contributed by atoms with van der Waals surface area (Å²) in [5.41, 5.74) is 4.92. The first-order chi connectivity index (χ1) is 15.5. The normalized spacial score (nSPS) is 26.1. The fourth-order valence-corrected chi connectivity index (χ4v) is 8.06. The number of hydrogen-bond donors (Lipinski definition) is 4. The van der Waals surface area contributed by atoms with Gasteiger partial charge < -0.3 is 15.8 Å². The summed E-state index contributed by atoms with van der Waals surface area (Å²) >= 11 is 0. The van der Waals surface area contributed by atoms with Crippen molar-refractivity contribution in [3.8, 4) is 5.75 Å². The Hall–Kier alpha value is -2.99. The van der Waals surface area contributed by atoms with Crippen LogP contribution in [0.4, 0.5) is 14.6 Å². The van der Waals surface area contributed by atoms with Gasteiger partial charge in [-0.1, -0.05) is 0 Å². The van der Waals surface area contributed by atoms with Crippen LogP contribution in [0.3, 0.4) is 0 Å². The Morgan fingerprint density at radius 3 is 2.76 bits per heavy atom. The van der Waals surface area contributed by atoms with Crippen LogP contribution in [0.25, 0.3) is 0 Å². The van der Waals surface area contributed by atoms with E-state index in [4.69, 9.17) is 5.73 Å². The molecule has 1 saturated heterocycles. The fourth-order valence-electron chi connectivity index (χ4n) is 4.43. The molecule has 4 N–H and O–H groups in total. The topological polar surface area (TPSA) is 132 Å². The highest BCUT2D eigenvalue weighted by molar-refractivity contribution is 8.04. The number of halogens is 2. The highest BCUT2D eigenvalue weighted by Crippen LogP contribution is 2.48. The summed E-state index contributed by atoms with van der Waals surface area (Å²) < 4.78 is 48.1. The molecule has 0 aliphatic carbocycles. The highest BCUT2D eigenvalue weighted by Gasteiger charge is 2.59. The molecule has 2 aliphatic heterocycles. The van der Waals surface area contributed by atoms with Crippen LogP contribution >= 0.6 is 0 Å². The van der Waals surface area contributed by atoms with Gasteiger partial charge in [-0.15, -0.1) is 0 Å². The Morgan fingerprint density at radius 2 is 2.09 bits per heavy atom. The monoisotopic (exact) mass is 480 g/mol. The minimum atomic E-state index is -3.09. The number of amidine groups is 1. The summed E-state index contributed by atoms with van der Waals surface area (Å²) in [6, 6.07) is 5.25. The number of alkyl halides is 1. The number of aromatic nitrogens is 2. The molecule has 2 aliphatic rings. The van der Waals surface area contributed by atoms with Crippen molar-refractivity contribution in [2.75, 3.05) is 18.7 Å². The van der Waals surface area contributed by atoms with E-state index in [2.05, 4.69) is 29.7 Å². The summed E-state index contributed by atoms with van der Waals surface area (Å²) in [5, 5.41) is 2.06. The number of carbonyl (C=O) groups is 1. The Bertz CT molecular complexity index is 1170. The van der Waals surface area contributed by atoms with Crippen LogP contribution in [0.1, 0.15) is 43.4 Å². The number of aliphatic imine (C=N–C) groups is 1. The summed E-state index contributed by atoms with van der Waals surface area (Å²) in [6.07, 6.45) is 1.73. The van der Waals surface area contributed by atoms with Crippen LogP contribution in [0, 0.1) is 5.82 Å². The molecule has 0 saturated carbocycles. The summed E-state index contributed by atoms with van der Waals surface area (Å²) in [5.74, 6) is -0.833. The van der Waals surface area contributed by atoms with Crippen molar-refractivity contribution >= 4 is 27.7 Å². The molecular weight excluding hydrogens is 454 g/mol. The van der Waals surface area contributed by atoms with Crippen molar-refractivity contribution in [2.45, 2.75) is 42.7 Å². The molecule has 0 bridgehead atoms. The van der Waals surface area contributed by atoms with E-state index in [0.29, 0.717) is 13.0 Å². The first-order valence-corrected chi connectivity index (χ1v) is 12.1. The molecular formula is C21H26F2N6O3S.